The average molecular weight is 359 g/mol. The maximum absolute atomic E-state index is 12.3. The van der Waals surface area contributed by atoms with E-state index < -0.39 is 0 Å². The van der Waals surface area contributed by atoms with Crippen molar-refractivity contribution < 1.29 is 18.8 Å². The van der Waals surface area contributed by atoms with Gasteiger partial charge in [-0.15, -0.1) is 0 Å². The highest BCUT2D eigenvalue weighted by Gasteiger charge is 2.28. The molecule has 2 unspecified atom stereocenters. The number of rotatable bonds is 7. The summed E-state index contributed by atoms with van der Waals surface area (Å²) in [6, 6.07) is 3.81. The predicted octanol–water partition coefficient (Wildman–Crippen LogP) is 2.11. The molecule has 26 heavy (non-hydrogen) atoms. The maximum atomic E-state index is 12.3. The summed E-state index contributed by atoms with van der Waals surface area (Å²) < 4.78 is 16.7. The molecular formula is C19H25N3O4. The lowest BCUT2D eigenvalue weighted by atomic mass is 10.0. The van der Waals surface area contributed by atoms with Gasteiger partial charge in [0.15, 0.2) is 0 Å². The topological polar surface area (TPSA) is 86.5 Å². The molecule has 3 rings (SSSR count). The molecule has 0 bridgehead atoms. The van der Waals surface area contributed by atoms with Gasteiger partial charge in [0.05, 0.1) is 24.9 Å². The summed E-state index contributed by atoms with van der Waals surface area (Å²) in [5.41, 5.74) is 2.89. The van der Waals surface area contributed by atoms with E-state index >= 15 is 0 Å². The fourth-order valence-electron chi connectivity index (χ4n) is 3.03. The molecule has 0 aromatic carbocycles. The van der Waals surface area contributed by atoms with Crippen molar-refractivity contribution in [2.45, 2.75) is 51.9 Å². The number of hydrogen-bond acceptors (Lipinski definition) is 6. The van der Waals surface area contributed by atoms with Crippen molar-refractivity contribution in [1.82, 2.24) is 15.5 Å². The number of carbonyl (C=O) groups excluding carboxylic acids is 1. The lowest BCUT2D eigenvalue weighted by Crippen LogP contribution is -2.50. The first-order valence-corrected chi connectivity index (χ1v) is 8.93. The number of ether oxygens (including phenoxy) is 2. The van der Waals surface area contributed by atoms with Crippen LogP contribution in [0.5, 0.6) is 0 Å². The number of nitrogens with zero attached hydrogens (tertiary/aromatic N) is 2. The molecule has 7 heteroatoms. The molecular weight excluding hydrogens is 334 g/mol. The molecule has 3 heterocycles. The van der Waals surface area contributed by atoms with Gasteiger partial charge in [0, 0.05) is 31.0 Å². The molecule has 2 aromatic rings. The van der Waals surface area contributed by atoms with E-state index in [9.17, 15) is 4.79 Å². The van der Waals surface area contributed by atoms with Crippen LogP contribution in [0.4, 0.5) is 0 Å². The molecule has 1 amide bonds. The van der Waals surface area contributed by atoms with Crippen LogP contribution in [-0.4, -0.2) is 41.4 Å². The summed E-state index contributed by atoms with van der Waals surface area (Å²) in [5, 5.41) is 7.04. The molecule has 0 aliphatic carbocycles. The lowest BCUT2D eigenvalue weighted by molar-refractivity contribution is -0.126. The quantitative estimate of drug-likeness (QED) is 0.815. The van der Waals surface area contributed by atoms with E-state index in [4.69, 9.17) is 14.0 Å². The fraction of sp³-hybridized carbons (Fsp3) is 0.526. The average Bonchev–Trinajstić information content (AvgIpc) is 2.98. The van der Waals surface area contributed by atoms with Crippen LogP contribution in [-0.2, 0) is 27.3 Å². The van der Waals surface area contributed by atoms with Crippen LogP contribution in [0.3, 0.4) is 0 Å². The van der Waals surface area contributed by atoms with Gasteiger partial charge in [0.25, 0.3) is 0 Å². The molecule has 2 atom stereocenters. The summed E-state index contributed by atoms with van der Waals surface area (Å²) in [7, 11) is 0. The zero-order valence-corrected chi connectivity index (χ0v) is 15.2. The van der Waals surface area contributed by atoms with Gasteiger partial charge < -0.3 is 19.3 Å². The first-order valence-electron chi connectivity index (χ1n) is 8.93. The van der Waals surface area contributed by atoms with Crippen molar-refractivity contribution in [2.75, 3.05) is 13.2 Å². The minimum Gasteiger partial charge on any atom is -0.379 e. The van der Waals surface area contributed by atoms with E-state index in [1.54, 1.807) is 12.4 Å². The van der Waals surface area contributed by atoms with Gasteiger partial charge in [-0.25, -0.2) is 0 Å². The number of hydrogen-bond donors (Lipinski definition) is 1. The van der Waals surface area contributed by atoms with Crippen molar-refractivity contribution in [3.8, 4) is 0 Å². The largest absolute Gasteiger partial charge is 0.379 e. The maximum Gasteiger partial charge on any atom is 0.220 e. The molecule has 2 aromatic heterocycles. The van der Waals surface area contributed by atoms with E-state index in [0.29, 0.717) is 32.7 Å². The molecule has 1 saturated heterocycles. The van der Waals surface area contributed by atoms with Gasteiger partial charge in [-0.2, -0.15) is 0 Å². The van der Waals surface area contributed by atoms with Gasteiger partial charge in [-0.05, 0) is 44.4 Å². The third kappa shape index (κ3) is 4.89. The van der Waals surface area contributed by atoms with E-state index in [0.717, 1.165) is 29.0 Å². The SMILES string of the molecule is Cc1noc(C)c1COC1COCCC1NC(=O)CCc1ccncc1. The molecule has 0 radical (unpaired) electrons. The highest BCUT2D eigenvalue weighted by atomic mass is 16.5. The predicted molar refractivity (Wildman–Crippen MR) is 94.5 cm³/mol. The van der Waals surface area contributed by atoms with E-state index in [1.165, 1.54) is 0 Å². The number of aryl methyl sites for hydroxylation is 3. The minimum absolute atomic E-state index is 0.0275. The van der Waals surface area contributed by atoms with E-state index in [1.807, 2.05) is 26.0 Å². The van der Waals surface area contributed by atoms with Gasteiger partial charge in [0.1, 0.15) is 11.9 Å². The lowest BCUT2D eigenvalue weighted by Gasteiger charge is -2.32. The minimum atomic E-state index is -0.178. The second kappa shape index (κ2) is 8.91. The summed E-state index contributed by atoms with van der Waals surface area (Å²) >= 11 is 0. The van der Waals surface area contributed by atoms with E-state index in [2.05, 4.69) is 15.5 Å². The Bertz CT molecular complexity index is 697. The Morgan fingerprint density at radius 1 is 1.35 bits per heavy atom. The summed E-state index contributed by atoms with van der Waals surface area (Å²) in [6.07, 6.45) is 5.18. The summed E-state index contributed by atoms with van der Waals surface area (Å²) in [6.45, 7) is 5.26. The molecule has 140 valence electrons. The summed E-state index contributed by atoms with van der Waals surface area (Å²) in [5.74, 6) is 0.789. The summed E-state index contributed by atoms with van der Waals surface area (Å²) in [4.78, 5) is 16.3. The Hall–Kier alpha value is -2.25. The Morgan fingerprint density at radius 2 is 2.15 bits per heavy atom. The molecule has 0 spiro atoms. The smallest absolute Gasteiger partial charge is 0.220 e. The second-order valence-electron chi connectivity index (χ2n) is 6.55. The van der Waals surface area contributed by atoms with Crippen LogP contribution in [0.1, 0.15) is 35.4 Å². The number of nitrogens with one attached hydrogen (secondary N) is 1. The van der Waals surface area contributed by atoms with Crippen LogP contribution in [0.15, 0.2) is 29.0 Å². The first-order chi connectivity index (χ1) is 12.6. The Kier molecular flexibility index (Phi) is 6.35. The van der Waals surface area contributed by atoms with Gasteiger partial charge in [-0.1, -0.05) is 5.16 Å². The normalized spacial score (nSPS) is 20.1. The Balaban J connectivity index is 1.50. The molecule has 1 aliphatic heterocycles. The van der Waals surface area contributed by atoms with Gasteiger partial charge >= 0.3 is 0 Å². The third-order valence-electron chi connectivity index (χ3n) is 4.66. The van der Waals surface area contributed by atoms with Crippen LogP contribution in [0.2, 0.25) is 0 Å². The van der Waals surface area contributed by atoms with Gasteiger partial charge in [-0.3, -0.25) is 9.78 Å². The standard InChI is InChI=1S/C19H25N3O4/c1-13-16(14(2)26-22-13)11-25-18-12-24-10-7-17(18)21-19(23)4-3-15-5-8-20-9-6-15/h5-6,8-9,17-18H,3-4,7,10-12H2,1-2H3,(H,21,23). The van der Waals surface area contributed by atoms with E-state index in [-0.39, 0.29) is 18.1 Å². The molecule has 0 saturated carbocycles. The third-order valence-corrected chi connectivity index (χ3v) is 4.66. The zero-order valence-electron chi connectivity index (χ0n) is 15.2. The molecule has 7 nitrogen and oxygen atoms in total. The monoisotopic (exact) mass is 359 g/mol. The number of amides is 1. The van der Waals surface area contributed by atoms with Crippen LogP contribution in [0, 0.1) is 13.8 Å². The van der Waals surface area contributed by atoms with Gasteiger partial charge in [0.2, 0.25) is 5.91 Å². The van der Waals surface area contributed by atoms with Crippen molar-refractivity contribution in [1.29, 1.82) is 0 Å². The highest BCUT2D eigenvalue weighted by molar-refractivity contribution is 5.76. The van der Waals surface area contributed by atoms with Crippen molar-refractivity contribution in [3.05, 3.63) is 47.1 Å². The van der Waals surface area contributed by atoms with Crippen molar-refractivity contribution in [2.24, 2.45) is 0 Å². The number of pyridine rings is 1. The Labute approximate surface area is 153 Å². The van der Waals surface area contributed by atoms with Crippen LogP contribution < -0.4 is 5.32 Å². The highest BCUT2D eigenvalue weighted by Crippen LogP contribution is 2.18. The molecule has 1 fully saturated rings. The van der Waals surface area contributed by atoms with Crippen molar-refractivity contribution in [3.63, 3.8) is 0 Å². The number of aromatic nitrogens is 2. The Morgan fingerprint density at radius 3 is 2.88 bits per heavy atom. The zero-order chi connectivity index (χ0) is 18.4. The fourth-order valence-corrected chi connectivity index (χ4v) is 3.03. The number of carbonyl (C=O) groups is 1. The molecule has 1 aliphatic rings. The second-order valence-corrected chi connectivity index (χ2v) is 6.55. The van der Waals surface area contributed by atoms with Crippen LogP contribution in [0.25, 0.3) is 0 Å². The molecule has 1 N–H and O–H groups in total. The van der Waals surface area contributed by atoms with Crippen LogP contribution >= 0.6 is 0 Å². The first kappa shape index (κ1) is 18.5. The van der Waals surface area contributed by atoms with Crippen molar-refractivity contribution >= 4 is 5.91 Å².